The molecule has 350 valence electrons. The number of ether oxygens (including phenoxy) is 2. The Labute approximate surface area is 384 Å². The normalized spacial score (nSPS) is 23.6. The monoisotopic (exact) mass is 895 g/mol. The SMILES string of the molecule is CNC(=O)C1CN(CC2=CCC(C)(OCc3ccc(C(F)(F)F)c(C4CCCC(CNC(=O)C5CN(Cc6ccc(OCc7ccc(C8CCCCC8)c(C)c7)c(C)c6)C5)C4)c3)C=C2)C1. The molecule has 8 nitrogen and oxygen atoms in total. The van der Waals surface area contributed by atoms with Gasteiger partial charge in [0.2, 0.25) is 11.8 Å². The summed E-state index contributed by atoms with van der Waals surface area (Å²) < 4.78 is 55.9. The van der Waals surface area contributed by atoms with Gasteiger partial charge in [-0.3, -0.25) is 19.4 Å². The number of amides is 2. The molecular formula is C54H69F3N4O4. The highest BCUT2D eigenvalue weighted by molar-refractivity contribution is 5.80. The van der Waals surface area contributed by atoms with Crippen molar-refractivity contribution in [3.63, 3.8) is 0 Å². The van der Waals surface area contributed by atoms with Crippen molar-refractivity contribution in [3.8, 4) is 5.75 Å². The molecule has 0 aromatic heterocycles. The van der Waals surface area contributed by atoms with Crippen LogP contribution in [0.2, 0.25) is 0 Å². The first-order valence-corrected chi connectivity index (χ1v) is 24.2. The number of alkyl halides is 3. The van der Waals surface area contributed by atoms with E-state index in [0.29, 0.717) is 57.0 Å². The van der Waals surface area contributed by atoms with Crippen LogP contribution in [0.15, 0.2) is 78.4 Å². The highest BCUT2D eigenvalue weighted by atomic mass is 19.4. The van der Waals surface area contributed by atoms with Crippen LogP contribution in [0.25, 0.3) is 0 Å². The molecule has 2 saturated heterocycles. The lowest BCUT2D eigenvalue weighted by atomic mass is 9.76. The highest BCUT2D eigenvalue weighted by Gasteiger charge is 2.38. The third-order valence-electron chi connectivity index (χ3n) is 14.9. The van der Waals surface area contributed by atoms with Crippen LogP contribution >= 0.6 is 0 Å². The van der Waals surface area contributed by atoms with Gasteiger partial charge in [0.1, 0.15) is 12.4 Å². The molecule has 8 rings (SSSR count). The lowest BCUT2D eigenvalue weighted by Crippen LogP contribution is -2.53. The van der Waals surface area contributed by atoms with Crippen LogP contribution in [0.5, 0.6) is 5.75 Å². The molecule has 2 amide bonds. The van der Waals surface area contributed by atoms with E-state index in [9.17, 15) is 22.8 Å². The number of carbonyl (C=O) groups is 2. The number of halogens is 3. The van der Waals surface area contributed by atoms with Crippen molar-refractivity contribution >= 4 is 11.8 Å². The zero-order valence-electron chi connectivity index (χ0n) is 38.9. The van der Waals surface area contributed by atoms with Gasteiger partial charge in [-0.25, -0.2) is 0 Å². The Bertz CT molecular complexity index is 2220. The van der Waals surface area contributed by atoms with E-state index in [0.717, 1.165) is 55.9 Å². The molecule has 5 aliphatic rings. The fraction of sp³-hybridized carbons (Fsp3) is 0.556. The van der Waals surface area contributed by atoms with Gasteiger partial charge < -0.3 is 20.1 Å². The molecular weight excluding hydrogens is 826 g/mol. The number of likely N-dealkylation sites (tertiary alicyclic amines) is 2. The van der Waals surface area contributed by atoms with Crippen molar-refractivity contribution in [1.82, 2.24) is 20.4 Å². The first-order valence-electron chi connectivity index (χ1n) is 24.2. The van der Waals surface area contributed by atoms with Gasteiger partial charge in [0.05, 0.1) is 29.6 Å². The molecule has 2 N–H and O–H groups in total. The molecule has 3 aliphatic carbocycles. The summed E-state index contributed by atoms with van der Waals surface area (Å²) in [6, 6.07) is 17.6. The fourth-order valence-electron chi connectivity index (χ4n) is 11.0. The van der Waals surface area contributed by atoms with Gasteiger partial charge in [-0.2, -0.15) is 13.2 Å². The maximum Gasteiger partial charge on any atom is 0.416 e. The van der Waals surface area contributed by atoms with E-state index in [4.69, 9.17) is 9.47 Å². The van der Waals surface area contributed by atoms with Crippen molar-refractivity contribution in [3.05, 3.63) is 123 Å². The number of nitrogens with one attached hydrogen (secondary N) is 2. The summed E-state index contributed by atoms with van der Waals surface area (Å²) in [6.07, 6.45) is 12.1. The summed E-state index contributed by atoms with van der Waals surface area (Å²) in [7, 11) is 1.67. The second-order valence-electron chi connectivity index (χ2n) is 20.1. The summed E-state index contributed by atoms with van der Waals surface area (Å²) in [5, 5.41) is 5.88. The number of hydrogen-bond donors (Lipinski definition) is 2. The minimum absolute atomic E-state index is 0.0304. The Morgan fingerprint density at radius 3 is 2.12 bits per heavy atom. The third kappa shape index (κ3) is 11.9. The van der Waals surface area contributed by atoms with Crippen LogP contribution in [0.3, 0.4) is 0 Å². The summed E-state index contributed by atoms with van der Waals surface area (Å²) in [5.74, 6) is 1.51. The number of hydrogen-bond acceptors (Lipinski definition) is 6. The molecule has 3 unspecified atom stereocenters. The summed E-state index contributed by atoms with van der Waals surface area (Å²) in [4.78, 5) is 29.6. The van der Waals surface area contributed by atoms with E-state index in [-0.39, 0.29) is 42.1 Å². The molecule has 65 heavy (non-hydrogen) atoms. The molecule has 3 aromatic carbocycles. The minimum Gasteiger partial charge on any atom is -0.489 e. The zero-order valence-corrected chi connectivity index (χ0v) is 38.9. The molecule has 0 bridgehead atoms. The summed E-state index contributed by atoms with van der Waals surface area (Å²) >= 11 is 0. The van der Waals surface area contributed by atoms with E-state index in [1.165, 1.54) is 66.0 Å². The predicted molar refractivity (Wildman–Crippen MR) is 249 cm³/mol. The lowest BCUT2D eigenvalue weighted by molar-refractivity contribution is -0.138. The van der Waals surface area contributed by atoms with Crippen molar-refractivity contribution in [2.75, 3.05) is 46.3 Å². The number of nitrogens with zero attached hydrogens (tertiary/aromatic N) is 2. The topological polar surface area (TPSA) is 83.1 Å². The van der Waals surface area contributed by atoms with E-state index >= 15 is 0 Å². The number of aryl methyl sites for hydroxylation is 2. The van der Waals surface area contributed by atoms with Gasteiger partial charge in [-0.1, -0.05) is 86.4 Å². The van der Waals surface area contributed by atoms with E-state index in [2.05, 4.69) is 82.8 Å². The zero-order chi connectivity index (χ0) is 45.7. The summed E-state index contributed by atoms with van der Waals surface area (Å²) in [5.41, 5.74) is 7.43. The van der Waals surface area contributed by atoms with Gasteiger partial charge in [0.25, 0.3) is 0 Å². The number of carbonyl (C=O) groups excluding carboxylic acids is 2. The molecule has 0 radical (unpaired) electrons. The fourth-order valence-corrected chi connectivity index (χ4v) is 11.0. The van der Waals surface area contributed by atoms with Crippen molar-refractivity contribution in [2.45, 2.75) is 128 Å². The second-order valence-corrected chi connectivity index (χ2v) is 20.1. The average molecular weight is 895 g/mol. The lowest BCUT2D eigenvalue weighted by Gasteiger charge is -2.39. The van der Waals surface area contributed by atoms with Crippen LogP contribution in [0, 0.1) is 31.6 Å². The molecule has 3 atom stereocenters. The van der Waals surface area contributed by atoms with Gasteiger partial charge >= 0.3 is 6.18 Å². The van der Waals surface area contributed by atoms with Crippen LogP contribution in [-0.4, -0.2) is 73.5 Å². The Kier molecular flexibility index (Phi) is 14.9. The molecule has 2 aliphatic heterocycles. The molecule has 11 heteroatoms. The summed E-state index contributed by atoms with van der Waals surface area (Å²) in [6.45, 7) is 11.9. The van der Waals surface area contributed by atoms with Crippen LogP contribution in [0.1, 0.15) is 127 Å². The first-order chi connectivity index (χ1) is 31.2. The van der Waals surface area contributed by atoms with Gasteiger partial charge in [0.15, 0.2) is 0 Å². The standard InChI is InChI=1S/C54H69F3N4O4/c1-36-23-41(13-16-47(36)43-10-6-5-7-11-43)34-64-50-18-15-40(24-37(50)2)29-61-32-46(33-61)52(63)59-27-39-9-8-12-44(25-39)48-26-42(14-17-49(48)54(55,56)57)35-65-53(3)21-19-38(20-22-53)28-60-30-45(31-60)51(62)58-4/h13-21,23-24,26,39,43-46H,5-12,22,25,27-35H2,1-4H3,(H,58,62)(H,59,63). The Balaban J connectivity index is 0.772. The van der Waals surface area contributed by atoms with Crippen LogP contribution in [0.4, 0.5) is 13.2 Å². The smallest absolute Gasteiger partial charge is 0.416 e. The molecule has 4 fully saturated rings. The van der Waals surface area contributed by atoms with Crippen molar-refractivity contribution in [2.24, 2.45) is 17.8 Å². The number of rotatable bonds is 16. The van der Waals surface area contributed by atoms with E-state index in [1.54, 1.807) is 19.2 Å². The molecule has 3 aromatic rings. The van der Waals surface area contributed by atoms with E-state index < -0.39 is 17.3 Å². The Morgan fingerprint density at radius 1 is 0.754 bits per heavy atom. The maximum absolute atomic E-state index is 14.4. The van der Waals surface area contributed by atoms with Crippen molar-refractivity contribution < 1.29 is 32.2 Å². The van der Waals surface area contributed by atoms with Crippen molar-refractivity contribution in [1.29, 1.82) is 0 Å². The van der Waals surface area contributed by atoms with Gasteiger partial charge in [0, 0.05) is 52.9 Å². The Morgan fingerprint density at radius 2 is 1.43 bits per heavy atom. The second kappa shape index (κ2) is 20.6. The maximum atomic E-state index is 14.4. The first kappa shape index (κ1) is 47.1. The molecule has 2 heterocycles. The molecule has 2 saturated carbocycles. The largest absolute Gasteiger partial charge is 0.489 e. The quantitative estimate of drug-likeness (QED) is 0.149. The average Bonchev–Trinajstić information content (AvgIpc) is 3.27. The van der Waals surface area contributed by atoms with Crippen LogP contribution in [-0.2, 0) is 40.3 Å². The van der Waals surface area contributed by atoms with Crippen LogP contribution < -0.4 is 15.4 Å². The van der Waals surface area contributed by atoms with E-state index in [1.807, 2.05) is 13.0 Å². The molecule has 0 spiro atoms. The highest BCUT2D eigenvalue weighted by Crippen LogP contribution is 2.43. The third-order valence-corrected chi connectivity index (χ3v) is 14.9. The predicted octanol–water partition coefficient (Wildman–Crippen LogP) is 10.3. The minimum atomic E-state index is -4.46. The van der Waals surface area contributed by atoms with Gasteiger partial charge in [-0.15, -0.1) is 0 Å². The van der Waals surface area contributed by atoms with Gasteiger partial charge in [-0.05, 0) is 134 Å². The Hall–Kier alpha value is -4.45. The number of benzene rings is 3.